The van der Waals surface area contributed by atoms with Crippen molar-refractivity contribution in [2.45, 2.75) is 39.3 Å². The minimum Gasteiger partial charge on any atom is -0.350 e. The highest BCUT2D eigenvalue weighted by Gasteiger charge is 2.17. The van der Waals surface area contributed by atoms with Gasteiger partial charge in [-0.15, -0.1) is 11.6 Å². The predicted octanol–water partition coefficient (Wildman–Crippen LogP) is 3.49. The van der Waals surface area contributed by atoms with Gasteiger partial charge < -0.3 is 9.88 Å². The van der Waals surface area contributed by atoms with Crippen LogP contribution in [0.25, 0.3) is 11.0 Å². The molecule has 0 atom stereocenters. The van der Waals surface area contributed by atoms with E-state index in [2.05, 4.69) is 26.2 Å². The summed E-state index contributed by atoms with van der Waals surface area (Å²) in [5.41, 5.74) is 1.57. The first-order chi connectivity index (χ1) is 9.80. The number of nitrogens with one attached hydrogen (secondary N) is 1. The molecule has 2 rings (SSSR count). The number of benzene rings is 1. The Morgan fingerprint density at radius 3 is 2.76 bits per heavy atom. The van der Waals surface area contributed by atoms with Crippen LogP contribution in [0.2, 0.25) is 0 Å². The molecule has 0 radical (unpaired) electrons. The maximum absolute atomic E-state index is 12.2. The van der Waals surface area contributed by atoms with Gasteiger partial charge >= 0.3 is 0 Å². The van der Waals surface area contributed by atoms with Crippen molar-refractivity contribution in [3.05, 3.63) is 28.5 Å². The van der Waals surface area contributed by atoms with Gasteiger partial charge in [0.1, 0.15) is 12.4 Å². The van der Waals surface area contributed by atoms with Crippen LogP contribution < -0.4 is 5.32 Å². The summed E-state index contributed by atoms with van der Waals surface area (Å²) in [5.74, 6) is 1.29. The number of aryl methyl sites for hydroxylation is 1. The summed E-state index contributed by atoms with van der Waals surface area (Å²) in [6.45, 7) is 6.15. The smallest absolute Gasteiger partial charge is 0.240 e. The molecule has 1 heterocycles. The van der Waals surface area contributed by atoms with Crippen LogP contribution in [0.3, 0.4) is 0 Å². The molecule has 1 aromatic carbocycles. The number of carbonyl (C=O) groups excluding carboxylic acids is 1. The van der Waals surface area contributed by atoms with Crippen LogP contribution in [0.15, 0.2) is 22.7 Å². The quantitative estimate of drug-likeness (QED) is 0.835. The molecule has 6 heteroatoms. The van der Waals surface area contributed by atoms with Crippen molar-refractivity contribution in [3.63, 3.8) is 0 Å². The Labute approximate surface area is 138 Å². The Hall–Kier alpha value is -1.07. The zero-order valence-corrected chi connectivity index (χ0v) is 14.8. The molecule has 4 nitrogen and oxygen atoms in total. The number of fused-ring (bicyclic) bond motifs is 1. The van der Waals surface area contributed by atoms with Gasteiger partial charge in [0.15, 0.2) is 0 Å². The lowest BCUT2D eigenvalue weighted by atomic mass is 10.1. The number of hydrogen-bond donors (Lipinski definition) is 1. The SMILES string of the molecule is CC(C)(C)NC(=O)Cn1c(CCCl)nc2cc(Br)ccc21. The average Bonchev–Trinajstić information content (AvgIpc) is 2.64. The maximum atomic E-state index is 12.2. The largest absolute Gasteiger partial charge is 0.350 e. The van der Waals surface area contributed by atoms with E-state index in [4.69, 9.17) is 11.6 Å². The molecule has 0 saturated heterocycles. The normalized spacial score (nSPS) is 11.9. The first-order valence-corrected chi connectivity index (χ1v) is 8.14. The van der Waals surface area contributed by atoms with E-state index in [1.54, 1.807) is 0 Å². The van der Waals surface area contributed by atoms with Crippen LogP contribution >= 0.6 is 27.5 Å². The van der Waals surface area contributed by atoms with E-state index < -0.39 is 0 Å². The van der Waals surface area contributed by atoms with Crippen LogP contribution in [0.1, 0.15) is 26.6 Å². The summed E-state index contributed by atoms with van der Waals surface area (Å²) < 4.78 is 2.90. The molecule has 1 amide bonds. The van der Waals surface area contributed by atoms with Crippen molar-refractivity contribution in [2.75, 3.05) is 5.88 Å². The first kappa shape index (κ1) is 16.3. The van der Waals surface area contributed by atoms with Gasteiger partial charge in [-0.3, -0.25) is 4.79 Å². The molecule has 21 heavy (non-hydrogen) atoms. The van der Waals surface area contributed by atoms with E-state index in [0.29, 0.717) is 12.3 Å². The minimum atomic E-state index is -0.247. The first-order valence-electron chi connectivity index (χ1n) is 6.82. The predicted molar refractivity (Wildman–Crippen MR) is 89.8 cm³/mol. The second-order valence-corrected chi connectivity index (χ2v) is 7.28. The molecular formula is C15H19BrClN3O. The summed E-state index contributed by atoms with van der Waals surface area (Å²) in [7, 11) is 0. The number of amides is 1. The van der Waals surface area contributed by atoms with Crippen molar-refractivity contribution in [2.24, 2.45) is 0 Å². The summed E-state index contributed by atoms with van der Waals surface area (Å²) >= 11 is 9.29. The van der Waals surface area contributed by atoms with Gasteiger partial charge in [0.25, 0.3) is 0 Å². The number of imidazole rings is 1. The molecule has 2 aromatic rings. The molecular weight excluding hydrogens is 354 g/mol. The lowest BCUT2D eigenvalue weighted by Gasteiger charge is -2.21. The zero-order chi connectivity index (χ0) is 15.6. The van der Waals surface area contributed by atoms with Crippen molar-refractivity contribution in [3.8, 4) is 0 Å². The summed E-state index contributed by atoms with van der Waals surface area (Å²) in [6, 6.07) is 5.87. The Kier molecular flexibility index (Phi) is 4.94. The van der Waals surface area contributed by atoms with E-state index in [1.165, 1.54) is 0 Å². The fraction of sp³-hybridized carbons (Fsp3) is 0.467. The van der Waals surface area contributed by atoms with Crippen LogP contribution in [0, 0.1) is 0 Å². The highest BCUT2D eigenvalue weighted by molar-refractivity contribution is 9.10. The van der Waals surface area contributed by atoms with E-state index in [9.17, 15) is 4.79 Å². The molecule has 0 saturated carbocycles. The van der Waals surface area contributed by atoms with E-state index in [-0.39, 0.29) is 18.0 Å². The number of nitrogens with zero attached hydrogens (tertiary/aromatic N) is 2. The highest BCUT2D eigenvalue weighted by Crippen LogP contribution is 2.21. The molecule has 0 aliphatic heterocycles. The Morgan fingerprint density at radius 1 is 1.43 bits per heavy atom. The van der Waals surface area contributed by atoms with Crippen LogP contribution in [-0.4, -0.2) is 26.9 Å². The molecule has 114 valence electrons. The topological polar surface area (TPSA) is 46.9 Å². The number of hydrogen-bond acceptors (Lipinski definition) is 2. The van der Waals surface area contributed by atoms with Gasteiger partial charge in [0.2, 0.25) is 5.91 Å². The Balaban J connectivity index is 2.36. The molecule has 0 fully saturated rings. The van der Waals surface area contributed by atoms with E-state index in [0.717, 1.165) is 21.3 Å². The molecule has 0 bridgehead atoms. The lowest BCUT2D eigenvalue weighted by molar-refractivity contribution is -0.123. The minimum absolute atomic E-state index is 0.0273. The van der Waals surface area contributed by atoms with Crippen molar-refractivity contribution >= 4 is 44.5 Å². The second-order valence-electron chi connectivity index (χ2n) is 5.98. The highest BCUT2D eigenvalue weighted by atomic mass is 79.9. The third-order valence-corrected chi connectivity index (χ3v) is 3.61. The second kappa shape index (κ2) is 6.36. The molecule has 0 spiro atoms. The van der Waals surface area contributed by atoms with Crippen LogP contribution in [-0.2, 0) is 17.8 Å². The van der Waals surface area contributed by atoms with E-state index in [1.807, 2.05) is 43.5 Å². The summed E-state index contributed by atoms with van der Waals surface area (Å²) in [6.07, 6.45) is 0.636. The third kappa shape index (κ3) is 4.20. The van der Waals surface area contributed by atoms with Gasteiger partial charge in [0.05, 0.1) is 11.0 Å². The number of carbonyl (C=O) groups is 1. The van der Waals surface area contributed by atoms with Gasteiger partial charge in [0, 0.05) is 22.3 Å². The van der Waals surface area contributed by atoms with Crippen molar-refractivity contribution < 1.29 is 4.79 Å². The average molecular weight is 373 g/mol. The Bertz CT molecular complexity index is 661. The van der Waals surface area contributed by atoms with Gasteiger partial charge in [-0.25, -0.2) is 4.98 Å². The number of halogens is 2. The third-order valence-electron chi connectivity index (χ3n) is 2.92. The van der Waals surface area contributed by atoms with E-state index >= 15 is 0 Å². The van der Waals surface area contributed by atoms with Gasteiger partial charge in [-0.05, 0) is 39.0 Å². The molecule has 0 aliphatic rings. The molecule has 0 aliphatic carbocycles. The standard InChI is InChI=1S/C15H19BrClN3O/c1-15(2,3)19-14(21)9-20-12-5-4-10(16)8-11(12)18-13(20)6-7-17/h4-5,8H,6-7,9H2,1-3H3,(H,19,21). The van der Waals surface area contributed by atoms with Crippen LogP contribution in [0.5, 0.6) is 0 Å². The van der Waals surface area contributed by atoms with Crippen molar-refractivity contribution in [1.29, 1.82) is 0 Å². The fourth-order valence-corrected chi connectivity index (χ4v) is 2.72. The summed E-state index contributed by atoms with van der Waals surface area (Å²) in [5, 5.41) is 2.97. The van der Waals surface area contributed by atoms with Crippen LogP contribution in [0.4, 0.5) is 0 Å². The Morgan fingerprint density at radius 2 is 2.14 bits per heavy atom. The van der Waals surface area contributed by atoms with Gasteiger partial charge in [-0.2, -0.15) is 0 Å². The molecule has 1 N–H and O–H groups in total. The zero-order valence-electron chi connectivity index (χ0n) is 12.4. The number of rotatable bonds is 4. The molecule has 0 unspecified atom stereocenters. The van der Waals surface area contributed by atoms with Crippen molar-refractivity contribution in [1.82, 2.24) is 14.9 Å². The fourth-order valence-electron chi connectivity index (χ4n) is 2.21. The van der Waals surface area contributed by atoms with Gasteiger partial charge in [-0.1, -0.05) is 15.9 Å². The number of alkyl halides is 1. The monoisotopic (exact) mass is 371 g/mol. The lowest BCUT2D eigenvalue weighted by Crippen LogP contribution is -2.42. The maximum Gasteiger partial charge on any atom is 0.240 e. The number of aromatic nitrogens is 2. The summed E-state index contributed by atoms with van der Waals surface area (Å²) in [4.78, 5) is 16.8. The molecule has 1 aromatic heterocycles.